The molecule has 2 nitrogen and oxygen atoms in total. The van der Waals surface area contributed by atoms with Gasteiger partial charge in [0, 0.05) is 9.79 Å². The maximum absolute atomic E-state index is 9.92. The lowest BCUT2D eigenvalue weighted by Gasteiger charge is -2.13. The molecular weight excluding hydrogens is 352 g/mol. The van der Waals surface area contributed by atoms with E-state index in [2.05, 4.69) is 13.8 Å². The van der Waals surface area contributed by atoms with Gasteiger partial charge in [-0.1, -0.05) is 64.1 Å². The zero-order valence-corrected chi connectivity index (χ0v) is 17.7. The first kappa shape index (κ1) is 21.7. The number of aryl methyl sites for hydroxylation is 2. The number of hydrogen-bond donors (Lipinski definition) is 2. The normalized spacial score (nSPS) is 11.0. The number of phenolic OH excluding ortho intramolecular Hbond substituents is 2. The molecule has 0 spiro atoms. The number of unbranched alkanes of at least 4 members (excludes halogenated alkanes) is 6. The van der Waals surface area contributed by atoms with E-state index in [-0.39, 0.29) is 0 Å². The summed E-state index contributed by atoms with van der Waals surface area (Å²) in [7, 11) is 0. The van der Waals surface area contributed by atoms with E-state index in [1.807, 2.05) is 24.3 Å². The smallest absolute Gasteiger partial charge is 0.115 e. The summed E-state index contributed by atoms with van der Waals surface area (Å²) in [5.41, 5.74) is 2.45. The molecule has 0 aliphatic heterocycles. The molecule has 27 heavy (non-hydrogen) atoms. The maximum Gasteiger partial charge on any atom is 0.115 e. The lowest BCUT2D eigenvalue weighted by atomic mass is 10.1. The molecule has 0 atom stereocenters. The second-order valence-corrected chi connectivity index (χ2v) is 8.39. The van der Waals surface area contributed by atoms with Crippen LogP contribution in [0, 0.1) is 0 Å². The summed E-state index contributed by atoms with van der Waals surface area (Å²) in [5.74, 6) is 0.686. The number of phenols is 2. The fourth-order valence-corrected chi connectivity index (χ4v) is 4.42. The molecule has 2 rings (SSSR count). The Balaban J connectivity index is 2.13. The molecule has 0 bridgehead atoms. The van der Waals surface area contributed by atoms with E-state index in [9.17, 15) is 10.2 Å². The van der Waals surface area contributed by atoms with Crippen LogP contribution in [0.5, 0.6) is 11.5 Å². The minimum Gasteiger partial charge on any atom is -0.508 e. The minimum atomic E-state index is 0.343. The van der Waals surface area contributed by atoms with E-state index in [1.54, 1.807) is 23.9 Å². The number of hydrogen-bond acceptors (Lipinski definition) is 3. The van der Waals surface area contributed by atoms with Gasteiger partial charge in [-0.2, -0.15) is 0 Å². The zero-order chi connectivity index (χ0) is 19.5. The van der Waals surface area contributed by atoms with Crippen LogP contribution in [0.1, 0.15) is 76.3 Å². The van der Waals surface area contributed by atoms with Crippen molar-refractivity contribution < 1.29 is 10.2 Å². The van der Waals surface area contributed by atoms with Crippen molar-refractivity contribution in [2.24, 2.45) is 0 Å². The first-order valence-corrected chi connectivity index (χ1v) is 11.3. The number of benzene rings is 2. The van der Waals surface area contributed by atoms with Gasteiger partial charge in [0.1, 0.15) is 11.5 Å². The van der Waals surface area contributed by atoms with Gasteiger partial charge in [-0.25, -0.2) is 0 Å². The third kappa shape index (κ3) is 7.50. The van der Waals surface area contributed by atoms with Crippen LogP contribution in [0.15, 0.2) is 46.2 Å². The molecular formula is C24H34O2S. The van der Waals surface area contributed by atoms with Crippen molar-refractivity contribution in [1.29, 1.82) is 0 Å². The highest BCUT2D eigenvalue weighted by Crippen LogP contribution is 2.37. The number of aromatic hydroxyl groups is 2. The van der Waals surface area contributed by atoms with Crippen molar-refractivity contribution in [1.82, 2.24) is 0 Å². The van der Waals surface area contributed by atoms with Crippen molar-refractivity contribution >= 4 is 11.8 Å². The van der Waals surface area contributed by atoms with Crippen molar-refractivity contribution in [3.05, 3.63) is 47.5 Å². The van der Waals surface area contributed by atoms with E-state index in [0.29, 0.717) is 11.5 Å². The molecule has 2 aromatic rings. The highest BCUT2D eigenvalue weighted by atomic mass is 32.2. The third-order valence-corrected chi connectivity index (χ3v) is 6.14. The fourth-order valence-electron chi connectivity index (χ4n) is 3.32. The molecule has 0 fully saturated rings. The van der Waals surface area contributed by atoms with E-state index in [4.69, 9.17) is 0 Å². The summed E-state index contributed by atoms with van der Waals surface area (Å²) in [5, 5.41) is 19.8. The Morgan fingerprint density at radius 1 is 0.630 bits per heavy atom. The predicted molar refractivity (Wildman–Crippen MR) is 116 cm³/mol. The summed E-state index contributed by atoms with van der Waals surface area (Å²) in [4.78, 5) is 2.43. The molecule has 2 aromatic carbocycles. The average Bonchev–Trinajstić information content (AvgIpc) is 2.66. The molecule has 0 saturated carbocycles. The van der Waals surface area contributed by atoms with Gasteiger partial charge in [0.25, 0.3) is 0 Å². The van der Waals surface area contributed by atoms with E-state index in [1.165, 1.54) is 59.4 Å². The largest absolute Gasteiger partial charge is 0.508 e. The molecule has 0 radical (unpaired) electrons. The summed E-state index contributed by atoms with van der Waals surface area (Å²) < 4.78 is 0. The first-order valence-electron chi connectivity index (χ1n) is 10.5. The van der Waals surface area contributed by atoms with Crippen LogP contribution in [0.3, 0.4) is 0 Å². The summed E-state index contributed by atoms with van der Waals surface area (Å²) in [6.07, 6.45) is 11.8. The predicted octanol–water partition coefficient (Wildman–Crippen LogP) is 7.49. The Labute approximate surface area is 169 Å². The third-order valence-electron chi connectivity index (χ3n) is 4.91. The monoisotopic (exact) mass is 386 g/mol. The molecule has 0 amide bonds. The van der Waals surface area contributed by atoms with Gasteiger partial charge in [0.15, 0.2) is 0 Å². The lowest BCUT2D eigenvalue weighted by molar-refractivity contribution is 0.473. The topological polar surface area (TPSA) is 40.5 Å². The fraction of sp³-hybridized carbons (Fsp3) is 0.500. The van der Waals surface area contributed by atoms with Crippen LogP contribution < -0.4 is 0 Å². The molecule has 0 aliphatic carbocycles. The Morgan fingerprint density at radius 2 is 1.07 bits per heavy atom. The van der Waals surface area contributed by atoms with Gasteiger partial charge in [0.05, 0.1) is 0 Å². The maximum atomic E-state index is 9.92. The van der Waals surface area contributed by atoms with Gasteiger partial charge in [-0.15, -0.1) is 0 Å². The SMILES string of the molecule is CCCCCCc1cc(O)ccc1Sc1ccc(O)cc1CCCCCC. The second kappa shape index (κ2) is 12.0. The molecule has 0 heterocycles. The van der Waals surface area contributed by atoms with Crippen molar-refractivity contribution in [3.63, 3.8) is 0 Å². The highest BCUT2D eigenvalue weighted by molar-refractivity contribution is 7.99. The van der Waals surface area contributed by atoms with E-state index in [0.717, 1.165) is 25.7 Å². The Kier molecular flexibility index (Phi) is 9.61. The zero-order valence-electron chi connectivity index (χ0n) is 16.8. The number of rotatable bonds is 12. The van der Waals surface area contributed by atoms with Crippen LogP contribution >= 0.6 is 11.8 Å². The molecule has 0 aliphatic rings. The van der Waals surface area contributed by atoms with Crippen LogP contribution in [0.2, 0.25) is 0 Å². The van der Waals surface area contributed by atoms with Crippen LogP contribution in [0.25, 0.3) is 0 Å². The Bertz CT molecular complexity index is 637. The van der Waals surface area contributed by atoms with Gasteiger partial charge in [-0.05, 0) is 73.2 Å². The highest BCUT2D eigenvalue weighted by Gasteiger charge is 2.10. The van der Waals surface area contributed by atoms with Crippen LogP contribution in [0.4, 0.5) is 0 Å². The molecule has 148 valence electrons. The molecule has 0 aromatic heterocycles. The summed E-state index contributed by atoms with van der Waals surface area (Å²) in [6, 6.07) is 11.4. The van der Waals surface area contributed by atoms with Crippen molar-refractivity contribution in [3.8, 4) is 11.5 Å². The Morgan fingerprint density at radius 3 is 1.48 bits per heavy atom. The minimum absolute atomic E-state index is 0.343. The van der Waals surface area contributed by atoms with Gasteiger partial charge >= 0.3 is 0 Å². The quantitative estimate of drug-likeness (QED) is 0.371. The first-order chi connectivity index (χ1) is 13.1. The van der Waals surface area contributed by atoms with Gasteiger partial charge < -0.3 is 10.2 Å². The summed E-state index contributed by atoms with van der Waals surface area (Å²) in [6.45, 7) is 4.45. The molecule has 2 N–H and O–H groups in total. The van der Waals surface area contributed by atoms with Crippen molar-refractivity contribution in [2.75, 3.05) is 0 Å². The lowest BCUT2D eigenvalue weighted by Crippen LogP contribution is -1.93. The standard InChI is InChI=1S/C24H34O2S/c1-3-5-7-9-11-19-17-21(25)13-15-23(19)27-24-16-14-22(26)18-20(24)12-10-8-6-4-2/h13-18,25-26H,3-12H2,1-2H3. The van der Waals surface area contributed by atoms with E-state index >= 15 is 0 Å². The Hall–Kier alpha value is -1.61. The molecule has 3 heteroatoms. The molecule has 0 saturated heterocycles. The van der Waals surface area contributed by atoms with Gasteiger partial charge in [-0.3, -0.25) is 0 Å². The van der Waals surface area contributed by atoms with Crippen LogP contribution in [-0.2, 0) is 12.8 Å². The van der Waals surface area contributed by atoms with E-state index < -0.39 is 0 Å². The summed E-state index contributed by atoms with van der Waals surface area (Å²) >= 11 is 1.76. The second-order valence-electron chi connectivity index (χ2n) is 7.31. The van der Waals surface area contributed by atoms with Crippen molar-refractivity contribution in [2.45, 2.75) is 87.8 Å². The molecule has 0 unspecified atom stereocenters. The average molecular weight is 387 g/mol. The van der Waals surface area contributed by atoms with Gasteiger partial charge in [0.2, 0.25) is 0 Å². The van der Waals surface area contributed by atoms with Crippen LogP contribution in [-0.4, -0.2) is 10.2 Å².